The van der Waals surface area contributed by atoms with Gasteiger partial charge in [0.2, 0.25) is 0 Å². The summed E-state index contributed by atoms with van der Waals surface area (Å²) in [6, 6.07) is 7.11. The Labute approximate surface area is 169 Å². The van der Waals surface area contributed by atoms with E-state index in [1.165, 1.54) is 20.2 Å². The quantitative estimate of drug-likeness (QED) is 0.506. The van der Waals surface area contributed by atoms with E-state index in [9.17, 15) is 18.4 Å². The number of rotatable bonds is 2. The lowest BCUT2D eigenvalue weighted by molar-refractivity contribution is -0.0494. The molecule has 0 N–H and O–H groups in total. The predicted molar refractivity (Wildman–Crippen MR) is 105 cm³/mol. The molecule has 0 spiro atoms. The van der Waals surface area contributed by atoms with Crippen molar-refractivity contribution in [1.82, 2.24) is 28.6 Å². The third-order valence-electron chi connectivity index (χ3n) is 5.49. The normalized spacial score (nSPS) is 16.4. The molecule has 4 aromatic heterocycles. The summed E-state index contributed by atoms with van der Waals surface area (Å²) in [6.45, 7) is 0.0721. The molecule has 0 aromatic carbocycles. The van der Waals surface area contributed by atoms with Gasteiger partial charge in [-0.2, -0.15) is 5.10 Å². The Kier molecular flexibility index (Phi) is 3.99. The minimum absolute atomic E-state index is 0.0361. The summed E-state index contributed by atoms with van der Waals surface area (Å²) in [5, 5.41) is 4.94. The van der Waals surface area contributed by atoms with Gasteiger partial charge >= 0.3 is 5.69 Å². The third kappa shape index (κ3) is 2.95. The van der Waals surface area contributed by atoms with Crippen molar-refractivity contribution in [3.8, 4) is 5.69 Å². The van der Waals surface area contributed by atoms with Gasteiger partial charge in [-0.1, -0.05) is 0 Å². The average molecular weight is 412 g/mol. The van der Waals surface area contributed by atoms with Crippen LogP contribution >= 0.6 is 0 Å². The molecule has 0 atom stereocenters. The molecule has 0 radical (unpaired) electrons. The Morgan fingerprint density at radius 2 is 1.90 bits per heavy atom. The van der Waals surface area contributed by atoms with Gasteiger partial charge in [0.1, 0.15) is 5.65 Å². The first-order chi connectivity index (χ1) is 14.3. The Morgan fingerprint density at radius 1 is 1.13 bits per heavy atom. The zero-order valence-electron chi connectivity index (χ0n) is 16.1. The fourth-order valence-electron chi connectivity index (χ4n) is 3.79. The number of pyridine rings is 2. The van der Waals surface area contributed by atoms with Gasteiger partial charge in [0, 0.05) is 63.0 Å². The van der Waals surface area contributed by atoms with E-state index in [0.29, 0.717) is 16.9 Å². The standard InChI is InChI=1S/C20H18F2N6O2/c1-25-19(30)28-7-3-15(11-16(28)24-25)27-6-2-13-10-14(12-23-17(13)27)18(29)26-8-4-20(21,22)5-9-26/h2-3,6-7,10-12H,4-5,8-9H2,1H3. The van der Waals surface area contributed by atoms with Crippen LogP contribution in [0.1, 0.15) is 23.2 Å². The van der Waals surface area contributed by atoms with E-state index in [1.54, 1.807) is 31.4 Å². The lowest BCUT2D eigenvalue weighted by Gasteiger charge is -2.31. The van der Waals surface area contributed by atoms with Crippen LogP contribution in [0.4, 0.5) is 8.78 Å². The maximum Gasteiger partial charge on any atom is 0.350 e. The molecular formula is C20H18F2N6O2. The maximum absolute atomic E-state index is 13.4. The van der Waals surface area contributed by atoms with Crippen molar-refractivity contribution in [2.75, 3.05) is 13.1 Å². The lowest BCUT2D eigenvalue weighted by Crippen LogP contribution is -2.42. The first-order valence-electron chi connectivity index (χ1n) is 9.52. The highest BCUT2D eigenvalue weighted by atomic mass is 19.3. The van der Waals surface area contributed by atoms with Crippen molar-refractivity contribution < 1.29 is 13.6 Å². The van der Waals surface area contributed by atoms with Crippen LogP contribution in [-0.4, -0.2) is 53.6 Å². The predicted octanol–water partition coefficient (Wildman–Crippen LogP) is 2.24. The highest BCUT2D eigenvalue weighted by Crippen LogP contribution is 2.29. The van der Waals surface area contributed by atoms with E-state index in [2.05, 4.69) is 10.1 Å². The van der Waals surface area contributed by atoms with Gasteiger partial charge in [0.05, 0.1) is 11.3 Å². The summed E-state index contributed by atoms with van der Waals surface area (Å²) in [5.74, 6) is -2.99. The number of nitrogens with zero attached hydrogens (tertiary/aromatic N) is 6. The van der Waals surface area contributed by atoms with Gasteiger partial charge in [-0.15, -0.1) is 0 Å². The van der Waals surface area contributed by atoms with Crippen molar-refractivity contribution >= 4 is 22.6 Å². The van der Waals surface area contributed by atoms with Crippen molar-refractivity contribution in [2.45, 2.75) is 18.8 Å². The van der Waals surface area contributed by atoms with Crippen molar-refractivity contribution in [3.05, 3.63) is 58.9 Å². The van der Waals surface area contributed by atoms with E-state index in [-0.39, 0.29) is 37.5 Å². The van der Waals surface area contributed by atoms with Crippen LogP contribution in [0.25, 0.3) is 22.4 Å². The summed E-state index contributed by atoms with van der Waals surface area (Å²) in [5.41, 5.74) is 2.06. The van der Waals surface area contributed by atoms with Crippen LogP contribution in [0.2, 0.25) is 0 Å². The SMILES string of the molecule is Cn1nc2cc(-n3ccc4cc(C(=O)N5CCC(F)(F)CC5)cnc43)ccn2c1=O. The van der Waals surface area contributed by atoms with Crippen LogP contribution in [-0.2, 0) is 7.05 Å². The number of aromatic nitrogens is 5. The molecule has 1 aliphatic rings. The number of alkyl halides is 2. The van der Waals surface area contributed by atoms with E-state index in [1.807, 2.05) is 16.8 Å². The number of hydrogen-bond acceptors (Lipinski definition) is 4. The van der Waals surface area contributed by atoms with Gasteiger partial charge in [0.15, 0.2) is 5.65 Å². The molecule has 30 heavy (non-hydrogen) atoms. The average Bonchev–Trinajstić information content (AvgIpc) is 3.27. The molecule has 5 rings (SSSR count). The van der Waals surface area contributed by atoms with Gasteiger partial charge < -0.3 is 9.47 Å². The topological polar surface area (TPSA) is 77.4 Å². The summed E-state index contributed by atoms with van der Waals surface area (Å²) in [4.78, 5) is 30.6. The summed E-state index contributed by atoms with van der Waals surface area (Å²) < 4.78 is 31.3. The van der Waals surface area contributed by atoms with Gasteiger partial charge in [0.25, 0.3) is 11.8 Å². The number of halogens is 2. The largest absolute Gasteiger partial charge is 0.350 e. The number of amides is 1. The number of fused-ring (bicyclic) bond motifs is 2. The smallest absolute Gasteiger partial charge is 0.338 e. The Balaban J connectivity index is 1.47. The van der Waals surface area contributed by atoms with E-state index in [4.69, 9.17) is 0 Å². The van der Waals surface area contributed by atoms with Crippen LogP contribution in [0.3, 0.4) is 0 Å². The molecule has 0 bridgehead atoms. The van der Waals surface area contributed by atoms with Gasteiger partial charge in [-0.25, -0.2) is 23.2 Å². The van der Waals surface area contributed by atoms with Crippen LogP contribution in [0.15, 0.2) is 47.7 Å². The number of carbonyl (C=O) groups excluding carboxylic acids is 1. The summed E-state index contributed by atoms with van der Waals surface area (Å²) >= 11 is 0. The third-order valence-corrected chi connectivity index (χ3v) is 5.49. The van der Waals surface area contributed by atoms with Gasteiger partial charge in [-0.3, -0.25) is 9.20 Å². The molecule has 8 nitrogen and oxygen atoms in total. The van der Waals surface area contributed by atoms with Crippen molar-refractivity contribution in [1.29, 1.82) is 0 Å². The Morgan fingerprint density at radius 3 is 2.67 bits per heavy atom. The van der Waals surface area contributed by atoms with Crippen molar-refractivity contribution in [3.63, 3.8) is 0 Å². The molecule has 0 aliphatic carbocycles. The van der Waals surface area contributed by atoms with Crippen LogP contribution in [0.5, 0.6) is 0 Å². The second-order valence-electron chi connectivity index (χ2n) is 7.49. The number of carbonyl (C=O) groups is 1. The lowest BCUT2D eigenvalue weighted by atomic mass is 10.1. The van der Waals surface area contributed by atoms with E-state index >= 15 is 0 Å². The number of hydrogen-bond donors (Lipinski definition) is 0. The first-order valence-corrected chi connectivity index (χ1v) is 9.52. The fourth-order valence-corrected chi connectivity index (χ4v) is 3.79. The Bertz CT molecular complexity index is 1340. The van der Waals surface area contributed by atoms with Crippen LogP contribution < -0.4 is 5.69 Å². The first kappa shape index (κ1) is 18.5. The molecule has 0 saturated carbocycles. The number of aryl methyl sites for hydroxylation is 1. The minimum atomic E-state index is -2.70. The second kappa shape index (κ2) is 6.48. The molecule has 1 saturated heterocycles. The highest BCUT2D eigenvalue weighted by Gasteiger charge is 2.35. The summed E-state index contributed by atoms with van der Waals surface area (Å²) in [7, 11) is 1.59. The zero-order chi connectivity index (χ0) is 21.0. The Hall–Kier alpha value is -3.56. The van der Waals surface area contributed by atoms with Crippen molar-refractivity contribution in [2.24, 2.45) is 7.05 Å². The van der Waals surface area contributed by atoms with Crippen LogP contribution in [0, 0.1) is 0 Å². The number of piperidine rings is 1. The molecule has 1 amide bonds. The molecular weight excluding hydrogens is 394 g/mol. The maximum atomic E-state index is 13.4. The molecule has 5 heterocycles. The number of likely N-dealkylation sites (tertiary alicyclic amines) is 1. The van der Waals surface area contributed by atoms with E-state index < -0.39 is 5.92 Å². The molecule has 1 fully saturated rings. The minimum Gasteiger partial charge on any atom is -0.338 e. The fraction of sp³-hybridized carbons (Fsp3) is 0.300. The molecule has 1 aliphatic heterocycles. The zero-order valence-corrected chi connectivity index (χ0v) is 16.1. The molecule has 154 valence electrons. The second-order valence-corrected chi connectivity index (χ2v) is 7.49. The molecule has 10 heteroatoms. The summed E-state index contributed by atoms with van der Waals surface area (Å²) in [6.07, 6.45) is 4.31. The molecule has 4 aromatic rings. The van der Waals surface area contributed by atoms with E-state index in [0.717, 1.165) is 11.1 Å². The molecule has 0 unspecified atom stereocenters. The highest BCUT2D eigenvalue weighted by molar-refractivity contribution is 5.97. The van der Waals surface area contributed by atoms with Gasteiger partial charge in [-0.05, 0) is 18.2 Å². The monoisotopic (exact) mass is 412 g/mol.